The van der Waals surface area contributed by atoms with E-state index in [4.69, 9.17) is 11.6 Å². The van der Waals surface area contributed by atoms with Crippen LogP contribution >= 0.6 is 11.6 Å². The van der Waals surface area contributed by atoms with Crippen molar-refractivity contribution < 1.29 is 0 Å². The number of rotatable bonds is 3. The molecule has 1 unspecified atom stereocenters. The fourth-order valence-electron chi connectivity index (χ4n) is 1.42. The molecule has 0 aromatic heterocycles. The van der Waals surface area contributed by atoms with Gasteiger partial charge in [0, 0.05) is 5.88 Å². The van der Waals surface area contributed by atoms with Crippen LogP contribution in [0.25, 0.3) is 0 Å². The van der Waals surface area contributed by atoms with Crippen molar-refractivity contribution in [2.24, 2.45) is 0 Å². The molecule has 0 radical (unpaired) electrons. The maximum atomic E-state index is 5.82. The van der Waals surface area contributed by atoms with Crippen LogP contribution in [0, 0.1) is 0 Å². The predicted octanol–water partition coefficient (Wildman–Crippen LogP) is 3.59. The Bertz CT molecular complexity index is 243. The van der Waals surface area contributed by atoms with Crippen molar-refractivity contribution in [1.29, 1.82) is 0 Å². The Hall–Kier alpha value is -0.490. The first-order valence-electron chi connectivity index (χ1n) is 4.43. The van der Waals surface area contributed by atoms with Crippen LogP contribution in [0.2, 0.25) is 0 Å². The van der Waals surface area contributed by atoms with E-state index < -0.39 is 0 Å². The van der Waals surface area contributed by atoms with Gasteiger partial charge < -0.3 is 0 Å². The smallest absolute Gasteiger partial charge is 0.0289 e. The second-order valence-corrected chi connectivity index (χ2v) is 3.42. The second-order valence-electron chi connectivity index (χ2n) is 3.11. The molecule has 0 nitrogen and oxygen atoms in total. The molecule has 1 aromatic carbocycles. The van der Waals surface area contributed by atoms with Gasteiger partial charge in [-0.1, -0.05) is 38.1 Å². The second kappa shape index (κ2) is 4.51. The van der Waals surface area contributed by atoms with Gasteiger partial charge >= 0.3 is 0 Å². The molecule has 0 heterocycles. The molecule has 0 amide bonds. The third-order valence-electron chi connectivity index (χ3n) is 2.20. The van der Waals surface area contributed by atoms with Gasteiger partial charge in [0.05, 0.1) is 0 Å². The number of aryl methyl sites for hydroxylation is 1. The Kier molecular flexibility index (Phi) is 3.61. The summed E-state index contributed by atoms with van der Waals surface area (Å²) in [6.45, 7) is 4.35. The lowest BCUT2D eigenvalue weighted by Gasteiger charge is -2.12. The number of hydrogen-bond acceptors (Lipinski definition) is 0. The molecule has 0 aliphatic rings. The fraction of sp³-hybridized carbons (Fsp3) is 0.455. The number of hydrogen-bond donors (Lipinski definition) is 0. The zero-order chi connectivity index (χ0) is 8.97. The molecule has 0 spiro atoms. The number of alkyl halides is 1. The van der Waals surface area contributed by atoms with Gasteiger partial charge in [-0.2, -0.15) is 0 Å². The summed E-state index contributed by atoms with van der Waals surface area (Å²) in [5.74, 6) is 1.18. The monoisotopic (exact) mass is 182 g/mol. The number of halogens is 1. The van der Waals surface area contributed by atoms with Crippen LogP contribution in [-0.4, -0.2) is 5.88 Å². The largest absolute Gasteiger partial charge is 0.126 e. The predicted molar refractivity (Wildman–Crippen MR) is 55.0 cm³/mol. The van der Waals surface area contributed by atoms with Crippen molar-refractivity contribution in [3.8, 4) is 0 Å². The lowest BCUT2D eigenvalue weighted by Crippen LogP contribution is -1.99. The molecule has 1 aromatic rings. The lowest BCUT2D eigenvalue weighted by atomic mass is 9.96. The molecule has 0 bridgehead atoms. The number of benzene rings is 1. The summed E-state index contributed by atoms with van der Waals surface area (Å²) in [5, 5.41) is 0. The highest BCUT2D eigenvalue weighted by atomic mass is 35.5. The molecule has 0 aliphatic carbocycles. The van der Waals surface area contributed by atoms with Gasteiger partial charge in [0.25, 0.3) is 0 Å². The summed E-state index contributed by atoms with van der Waals surface area (Å²) in [4.78, 5) is 0. The fourth-order valence-corrected chi connectivity index (χ4v) is 1.59. The molecular formula is C11H15Cl. The maximum absolute atomic E-state index is 5.82. The quantitative estimate of drug-likeness (QED) is 0.627. The van der Waals surface area contributed by atoms with Crippen LogP contribution in [0.4, 0.5) is 0 Å². The maximum Gasteiger partial charge on any atom is 0.0289 e. The van der Waals surface area contributed by atoms with E-state index in [1.165, 1.54) is 11.1 Å². The Balaban J connectivity index is 2.96. The summed E-state index contributed by atoms with van der Waals surface area (Å²) in [7, 11) is 0. The highest BCUT2D eigenvalue weighted by molar-refractivity contribution is 6.18. The van der Waals surface area contributed by atoms with E-state index >= 15 is 0 Å². The average molecular weight is 183 g/mol. The minimum atomic E-state index is 0.475. The van der Waals surface area contributed by atoms with Gasteiger partial charge in [-0.15, -0.1) is 11.6 Å². The summed E-state index contributed by atoms with van der Waals surface area (Å²) in [6, 6.07) is 8.52. The summed E-state index contributed by atoms with van der Waals surface area (Å²) in [5.41, 5.74) is 2.82. The molecule has 0 aliphatic heterocycles. The van der Waals surface area contributed by atoms with Crippen LogP contribution in [0.15, 0.2) is 24.3 Å². The van der Waals surface area contributed by atoms with Crippen molar-refractivity contribution in [2.75, 3.05) is 5.88 Å². The third kappa shape index (κ3) is 2.01. The zero-order valence-corrected chi connectivity index (χ0v) is 8.43. The van der Waals surface area contributed by atoms with E-state index in [-0.39, 0.29) is 0 Å². The topological polar surface area (TPSA) is 0 Å². The van der Waals surface area contributed by atoms with Gasteiger partial charge in [0.2, 0.25) is 0 Å². The van der Waals surface area contributed by atoms with Crippen molar-refractivity contribution in [3.63, 3.8) is 0 Å². The lowest BCUT2D eigenvalue weighted by molar-refractivity contribution is 0.852. The summed E-state index contributed by atoms with van der Waals surface area (Å²) in [6.07, 6.45) is 1.09. The molecule has 0 saturated carbocycles. The molecule has 1 rings (SSSR count). The van der Waals surface area contributed by atoms with Gasteiger partial charge in [-0.25, -0.2) is 0 Å². The van der Waals surface area contributed by atoms with Crippen LogP contribution < -0.4 is 0 Å². The summed E-state index contributed by atoms with van der Waals surface area (Å²) >= 11 is 5.82. The first kappa shape index (κ1) is 9.60. The van der Waals surface area contributed by atoms with E-state index in [0.29, 0.717) is 11.8 Å². The first-order chi connectivity index (χ1) is 5.79. The Labute approximate surface area is 79.6 Å². The molecule has 1 heteroatoms. The van der Waals surface area contributed by atoms with Crippen LogP contribution in [0.1, 0.15) is 30.9 Å². The first-order valence-corrected chi connectivity index (χ1v) is 4.96. The molecule has 0 saturated heterocycles. The van der Waals surface area contributed by atoms with Crippen LogP contribution in [-0.2, 0) is 6.42 Å². The minimum absolute atomic E-state index is 0.475. The third-order valence-corrected chi connectivity index (χ3v) is 2.66. The van der Waals surface area contributed by atoms with Crippen molar-refractivity contribution in [2.45, 2.75) is 26.2 Å². The van der Waals surface area contributed by atoms with Gasteiger partial charge in [-0.05, 0) is 23.5 Å². The SMILES string of the molecule is CCc1ccccc1C(C)CCl. The molecule has 0 N–H and O–H groups in total. The van der Waals surface area contributed by atoms with Crippen molar-refractivity contribution in [3.05, 3.63) is 35.4 Å². The van der Waals surface area contributed by atoms with E-state index in [0.717, 1.165) is 6.42 Å². The zero-order valence-electron chi connectivity index (χ0n) is 7.68. The summed E-state index contributed by atoms with van der Waals surface area (Å²) < 4.78 is 0. The van der Waals surface area contributed by atoms with E-state index in [1.807, 2.05) is 0 Å². The normalized spacial score (nSPS) is 12.9. The van der Waals surface area contributed by atoms with E-state index in [2.05, 4.69) is 38.1 Å². The van der Waals surface area contributed by atoms with Gasteiger partial charge in [0.15, 0.2) is 0 Å². The molecule has 0 fully saturated rings. The minimum Gasteiger partial charge on any atom is -0.126 e. The standard InChI is InChI=1S/C11H15Cl/c1-3-10-6-4-5-7-11(10)9(2)8-12/h4-7,9H,3,8H2,1-2H3. The van der Waals surface area contributed by atoms with Crippen LogP contribution in [0.5, 0.6) is 0 Å². The molecule has 66 valence electrons. The highest BCUT2D eigenvalue weighted by Crippen LogP contribution is 2.21. The Morgan fingerprint density at radius 1 is 1.33 bits per heavy atom. The average Bonchev–Trinajstić information content (AvgIpc) is 2.16. The highest BCUT2D eigenvalue weighted by Gasteiger charge is 2.06. The van der Waals surface area contributed by atoms with Crippen LogP contribution in [0.3, 0.4) is 0 Å². The van der Waals surface area contributed by atoms with Gasteiger partial charge in [0.1, 0.15) is 0 Å². The van der Waals surface area contributed by atoms with Gasteiger partial charge in [-0.3, -0.25) is 0 Å². The van der Waals surface area contributed by atoms with E-state index in [1.54, 1.807) is 0 Å². The molecule has 1 atom stereocenters. The Morgan fingerprint density at radius 2 is 2.00 bits per heavy atom. The van der Waals surface area contributed by atoms with Crippen molar-refractivity contribution >= 4 is 11.6 Å². The molecular weight excluding hydrogens is 168 g/mol. The van der Waals surface area contributed by atoms with E-state index in [9.17, 15) is 0 Å². The molecule has 12 heavy (non-hydrogen) atoms. The Morgan fingerprint density at radius 3 is 2.58 bits per heavy atom. The van der Waals surface area contributed by atoms with Crippen molar-refractivity contribution in [1.82, 2.24) is 0 Å².